The molecule has 24 heavy (non-hydrogen) atoms. The van der Waals surface area contributed by atoms with E-state index in [9.17, 15) is 0 Å². The summed E-state index contributed by atoms with van der Waals surface area (Å²) in [4.78, 5) is 9.49. The fraction of sp³-hybridized carbons (Fsp3) is 0.944. The topological polar surface area (TPSA) is 52.1 Å². The Morgan fingerprint density at radius 1 is 1.25 bits per heavy atom. The molecule has 0 unspecified atom stereocenters. The molecule has 0 atom stereocenters. The second kappa shape index (κ2) is 13.4. The summed E-state index contributed by atoms with van der Waals surface area (Å²) >= 11 is 0. The zero-order valence-electron chi connectivity index (χ0n) is 16.3. The molecule has 1 rings (SSSR count). The lowest BCUT2D eigenvalue weighted by atomic mass is 9.94. The van der Waals surface area contributed by atoms with E-state index < -0.39 is 0 Å². The summed E-state index contributed by atoms with van der Waals surface area (Å²) in [6, 6.07) is 0. The minimum atomic E-state index is 0.832. The largest absolute Gasteiger partial charge is 0.385 e. The van der Waals surface area contributed by atoms with E-state index in [1.807, 2.05) is 0 Å². The van der Waals surface area contributed by atoms with Gasteiger partial charge in [-0.2, -0.15) is 0 Å². The van der Waals surface area contributed by atoms with Crippen molar-refractivity contribution in [3.8, 4) is 0 Å². The van der Waals surface area contributed by atoms with Crippen molar-refractivity contribution < 1.29 is 4.74 Å². The molecule has 142 valence electrons. The van der Waals surface area contributed by atoms with Gasteiger partial charge in [0.25, 0.3) is 0 Å². The first-order valence-electron chi connectivity index (χ1n) is 9.54. The fourth-order valence-electron chi connectivity index (χ4n) is 3.01. The molecule has 0 spiro atoms. The predicted octanol–water partition coefficient (Wildman–Crippen LogP) is 1.24. The summed E-state index contributed by atoms with van der Waals surface area (Å²) < 4.78 is 5.09. The minimum absolute atomic E-state index is 0.832. The van der Waals surface area contributed by atoms with Gasteiger partial charge in [0, 0.05) is 46.4 Å². The van der Waals surface area contributed by atoms with E-state index in [0.717, 1.165) is 57.6 Å². The van der Waals surface area contributed by atoms with Crippen molar-refractivity contribution in [1.82, 2.24) is 20.4 Å². The molecule has 0 amide bonds. The molecule has 1 aliphatic heterocycles. The molecule has 0 bridgehead atoms. The number of methoxy groups -OCH3 is 1. The van der Waals surface area contributed by atoms with Crippen LogP contribution in [-0.4, -0.2) is 89.4 Å². The number of aliphatic imine (C=N–C) groups is 1. The number of hydrogen-bond donors (Lipinski definition) is 2. The predicted molar refractivity (Wildman–Crippen MR) is 103 cm³/mol. The van der Waals surface area contributed by atoms with E-state index in [0.29, 0.717) is 0 Å². The van der Waals surface area contributed by atoms with E-state index in [2.05, 4.69) is 41.5 Å². The van der Waals surface area contributed by atoms with Crippen LogP contribution in [0.15, 0.2) is 4.99 Å². The highest BCUT2D eigenvalue weighted by Gasteiger charge is 2.15. The fourth-order valence-corrected chi connectivity index (χ4v) is 3.01. The SMILES string of the molecule is CCNC(=NCCC1CCN(C)CC1)NCCN(C)CCCOC. The Kier molecular flexibility index (Phi) is 11.9. The third-order valence-electron chi connectivity index (χ3n) is 4.66. The second-order valence-corrected chi connectivity index (χ2v) is 6.87. The molecular weight excluding hydrogens is 302 g/mol. The van der Waals surface area contributed by atoms with E-state index >= 15 is 0 Å². The first-order chi connectivity index (χ1) is 11.7. The van der Waals surface area contributed by atoms with Crippen LogP contribution in [-0.2, 0) is 4.74 Å². The molecule has 0 aromatic carbocycles. The van der Waals surface area contributed by atoms with Crippen LogP contribution in [0.3, 0.4) is 0 Å². The lowest BCUT2D eigenvalue weighted by Gasteiger charge is -2.28. The lowest BCUT2D eigenvalue weighted by molar-refractivity contribution is 0.180. The van der Waals surface area contributed by atoms with Gasteiger partial charge in [0.2, 0.25) is 0 Å². The van der Waals surface area contributed by atoms with Gasteiger partial charge in [0.15, 0.2) is 5.96 Å². The van der Waals surface area contributed by atoms with Crippen LogP contribution in [0.4, 0.5) is 0 Å². The van der Waals surface area contributed by atoms with Gasteiger partial charge >= 0.3 is 0 Å². The summed E-state index contributed by atoms with van der Waals surface area (Å²) in [7, 11) is 6.13. The van der Waals surface area contributed by atoms with E-state index in [4.69, 9.17) is 9.73 Å². The third-order valence-corrected chi connectivity index (χ3v) is 4.66. The zero-order valence-corrected chi connectivity index (χ0v) is 16.3. The van der Waals surface area contributed by atoms with Gasteiger partial charge in [-0.15, -0.1) is 0 Å². The Morgan fingerprint density at radius 3 is 2.67 bits per heavy atom. The summed E-state index contributed by atoms with van der Waals surface area (Å²) in [5.74, 6) is 1.80. The number of nitrogens with one attached hydrogen (secondary N) is 2. The molecule has 1 saturated heterocycles. The molecule has 0 aliphatic carbocycles. The highest BCUT2D eigenvalue weighted by Crippen LogP contribution is 2.19. The average Bonchev–Trinajstić information content (AvgIpc) is 2.57. The quantitative estimate of drug-likeness (QED) is 0.336. The summed E-state index contributed by atoms with van der Waals surface area (Å²) in [5, 5.41) is 6.79. The van der Waals surface area contributed by atoms with Gasteiger partial charge in [-0.1, -0.05) is 0 Å². The van der Waals surface area contributed by atoms with Crippen LogP contribution in [0, 0.1) is 5.92 Å². The maximum atomic E-state index is 5.09. The molecule has 0 saturated carbocycles. The van der Waals surface area contributed by atoms with Crippen LogP contribution in [0.5, 0.6) is 0 Å². The van der Waals surface area contributed by atoms with Crippen molar-refractivity contribution >= 4 is 5.96 Å². The molecule has 6 heteroatoms. The third kappa shape index (κ3) is 10.1. The second-order valence-electron chi connectivity index (χ2n) is 6.87. The molecule has 0 aromatic rings. The number of rotatable bonds is 11. The highest BCUT2D eigenvalue weighted by atomic mass is 16.5. The van der Waals surface area contributed by atoms with Gasteiger partial charge in [-0.05, 0) is 65.7 Å². The Hall–Kier alpha value is -0.850. The van der Waals surface area contributed by atoms with E-state index in [1.165, 1.54) is 32.4 Å². The van der Waals surface area contributed by atoms with Crippen LogP contribution >= 0.6 is 0 Å². The van der Waals surface area contributed by atoms with Crippen molar-refractivity contribution in [1.29, 1.82) is 0 Å². The number of ether oxygens (including phenoxy) is 1. The molecule has 6 nitrogen and oxygen atoms in total. The summed E-state index contributed by atoms with van der Waals surface area (Å²) in [6.45, 7) is 10.3. The van der Waals surface area contributed by atoms with Gasteiger partial charge in [-0.3, -0.25) is 4.99 Å². The van der Waals surface area contributed by atoms with Crippen LogP contribution in [0.2, 0.25) is 0 Å². The Bertz CT molecular complexity index is 329. The number of piperidine rings is 1. The smallest absolute Gasteiger partial charge is 0.191 e. The Labute approximate surface area is 149 Å². The standard InChI is InChI=1S/C18H39N5O/c1-5-19-18(21-11-15-22(2)12-6-16-24-4)20-10-7-17-8-13-23(3)14-9-17/h17H,5-16H2,1-4H3,(H2,19,20,21). The summed E-state index contributed by atoms with van der Waals surface area (Å²) in [6.07, 6.45) is 4.93. The average molecular weight is 342 g/mol. The van der Waals surface area contributed by atoms with Gasteiger partial charge < -0.3 is 25.2 Å². The molecule has 1 fully saturated rings. The maximum Gasteiger partial charge on any atom is 0.191 e. The number of likely N-dealkylation sites (tertiary alicyclic amines) is 1. The van der Waals surface area contributed by atoms with Crippen LogP contribution in [0.25, 0.3) is 0 Å². The van der Waals surface area contributed by atoms with Gasteiger partial charge in [0.1, 0.15) is 0 Å². The normalized spacial score (nSPS) is 17.5. The molecule has 1 heterocycles. The molecular formula is C18H39N5O. The first-order valence-corrected chi connectivity index (χ1v) is 9.54. The number of hydrogen-bond acceptors (Lipinski definition) is 4. The molecule has 0 aromatic heterocycles. The molecule has 2 N–H and O–H groups in total. The van der Waals surface area contributed by atoms with Crippen LogP contribution in [0.1, 0.15) is 32.6 Å². The van der Waals surface area contributed by atoms with E-state index in [1.54, 1.807) is 7.11 Å². The highest BCUT2D eigenvalue weighted by molar-refractivity contribution is 5.79. The summed E-state index contributed by atoms with van der Waals surface area (Å²) in [5.41, 5.74) is 0. The number of nitrogens with zero attached hydrogens (tertiary/aromatic N) is 3. The van der Waals surface area contributed by atoms with Gasteiger partial charge in [-0.25, -0.2) is 0 Å². The molecule has 1 aliphatic rings. The molecule has 0 radical (unpaired) electrons. The van der Waals surface area contributed by atoms with E-state index in [-0.39, 0.29) is 0 Å². The van der Waals surface area contributed by atoms with Crippen molar-refractivity contribution in [2.24, 2.45) is 10.9 Å². The number of likely N-dealkylation sites (N-methyl/N-ethyl adjacent to an activating group) is 1. The van der Waals surface area contributed by atoms with Crippen molar-refractivity contribution in [2.45, 2.75) is 32.6 Å². The van der Waals surface area contributed by atoms with Crippen molar-refractivity contribution in [3.05, 3.63) is 0 Å². The zero-order chi connectivity index (χ0) is 17.6. The Morgan fingerprint density at radius 2 is 2.00 bits per heavy atom. The minimum Gasteiger partial charge on any atom is -0.385 e. The van der Waals surface area contributed by atoms with Crippen molar-refractivity contribution in [2.75, 3.05) is 73.6 Å². The lowest BCUT2D eigenvalue weighted by Crippen LogP contribution is -2.41. The number of guanidine groups is 1. The van der Waals surface area contributed by atoms with Gasteiger partial charge in [0.05, 0.1) is 0 Å². The Balaban J connectivity index is 2.19. The monoisotopic (exact) mass is 341 g/mol. The van der Waals surface area contributed by atoms with Crippen molar-refractivity contribution in [3.63, 3.8) is 0 Å². The maximum absolute atomic E-state index is 5.09. The van der Waals surface area contributed by atoms with Crippen LogP contribution < -0.4 is 10.6 Å². The first kappa shape index (κ1) is 21.2.